The largest absolute Gasteiger partial charge is 0.310 e. The van der Waals surface area contributed by atoms with Gasteiger partial charge in [-0.3, -0.25) is 4.98 Å². The highest BCUT2D eigenvalue weighted by Gasteiger charge is 1.90. The summed E-state index contributed by atoms with van der Waals surface area (Å²) in [6.45, 7) is 0. The molecule has 1 heterocycles. The third-order valence-electron chi connectivity index (χ3n) is 1.00. The fourth-order valence-electron chi connectivity index (χ4n) is 0.536. The van der Waals surface area contributed by atoms with Crippen molar-refractivity contribution in [1.29, 1.82) is 0 Å². The van der Waals surface area contributed by atoms with Crippen LogP contribution < -0.4 is 3.93 Å². The van der Waals surface area contributed by atoms with Gasteiger partial charge in [-0.15, -0.1) is 0 Å². The van der Waals surface area contributed by atoms with Crippen molar-refractivity contribution < 1.29 is 0 Å². The van der Waals surface area contributed by atoms with E-state index in [0.717, 1.165) is 5.69 Å². The molecule has 2 nitrogen and oxygen atoms in total. The third kappa shape index (κ3) is 1.68. The van der Waals surface area contributed by atoms with Crippen molar-refractivity contribution in [2.45, 2.75) is 0 Å². The van der Waals surface area contributed by atoms with Crippen LogP contribution in [0, 0.1) is 0 Å². The number of nitrogens with zero attached hydrogens (tertiary/aromatic N) is 2. The average molecular weight is 187 g/mol. The highest BCUT2D eigenvalue weighted by atomic mass is 79.9. The maximum Gasteiger partial charge on any atom is 0.0650 e. The second-order valence-corrected chi connectivity index (χ2v) is 2.75. The van der Waals surface area contributed by atoms with Crippen LogP contribution in [0.5, 0.6) is 0 Å². The Morgan fingerprint density at radius 2 is 2.44 bits per heavy atom. The number of halogens is 1. The van der Waals surface area contributed by atoms with Gasteiger partial charge in [-0.2, -0.15) is 0 Å². The van der Waals surface area contributed by atoms with Crippen LogP contribution in [-0.4, -0.2) is 12.0 Å². The summed E-state index contributed by atoms with van der Waals surface area (Å²) in [5.74, 6) is 0. The molecule has 9 heavy (non-hydrogen) atoms. The number of hydrogen-bond donors (Lipinski definition) is 0. The van der Waals surface area contributed by atoms with E-state index in [9.17, 15) is 0 Å². The Morgan fingerprint density at radius 1 is 1.67 bits per heavy atom. The van der Waals surface area contributed by atoms with E-state index < -0.39 is 0 Å². The summed E-state index contributed by atoms with van der Waals surface area (Å²) in [5.41, 5.74) is 1.05. The molecule has 0 bridgehead atoms. The van der Waals surface area contributed by atoms with Crippen molar-refractivity contribution >= 4 is 21.8 Å². The molecule has 0 atom stereocenters. The molecule has 0 aliphatic heterocycles. The van der Waals surface area contributed by atoms with Gasteiger partial charge in [0.25, 0.3) is 0 Å². The van der Waals surface area contributed by atoms with Gasteiger partial charge in [0.1, 0.15) is 0 Å². The normalized spacial score (nSPS) is 9.11. The van der Waals surface area contributed by atoms with Gasteiger partial charge in [-0.1, -0.05) is 0 Å². The first kappa shape index (κ1) is 6.55. The lowest BCUT2D eigenvalue weighted by Gasteiger charge is -2.06. The van der Waals surface area contributed by atoms with Gasteiger partial charge < -0.3 is 3.93 Å². The van der Waals surface area contributed by atoms with Gasteiger partial charge in [-0.05, 0) is 12.1 Å². The average Bonchev–Trinajstić information content (AvgIpc) is 1.90. The molecule has 0 saturated carbocycles. The summed E-state index contributed by atoms with van der Waals surface area (Å²) < 4.78 is 1.83. The Kier molecular flexibility index (Phi) is 2.05. The molecule has 1 aromatic heterocycles. The molecule has 0 aromatic carbocycles. The smallest absolute Gasteiger partial charge is 0.0650 e. The van der Waals surface area contributed by atoms with Crippen LogP contribution in [0.3, 0.4) is 0 Å². The quantitative estimate of drug-likeness (QED) is 0.623. The van der Waals surface area contributed by atoms with Crippen molar-refractivity contribution in [2.75, 3.05) is 11.0 Å². The van der Waals surface area contributed by atoms with Gasteiger partial charge in [0.15, 0.2) is 0 Å². The Balaban J connectivity index is 2.85. The molecule has 48 valence electrons. The molecule has 0 N–H and O–H groups in total. The van der Waals surface area contributed by atoms with E-state index in [-0.39, 0.29) is 0 Å². The van der Waals surface area contributed by atoms with Gasteiger partial charge in [0.2, 0.25) is 0 Å². The van der Waals surface area contributed by atoms with E-state index in [1.54, 1.807) is 12.4 Å². The number of rotatable bonds is 1. The molecule has 0 aliphatic rings. The van der Waals surface area contributed by atoms with E-state index in [1.165, 1.54) is 0 Å². The van der Waals surface area contributed by atoms with Crippen molar-refractivity contribution in [2.24, 2.45) is 0 Å². The lowest BCUT2D eigenvalue weighted by atomic mass is 10.4. The van der Waals surface area contributed by atoms with Crippen LogP contribution in [-0.2, 0) is 0 Å². The minimum absolute atomic E-state index is 1.05. The molecule has 0 fully saturated rings. The van der Waals surface area contributed by atoms with E-state index in [2.05, 4.69) is 21.1 Å². The van der Waals surface area contributed by atoms with Crippen molar-refractivity contribution in [3.63, 3.8) is 0 Å². The topological polar surface area (TPSA) is 16.1 Å². The molecule has 1 rings (SSSR count). The highest BCUT2D eigenvalue weighted by Crippen LogP contribution is 2.11. The van der Waals surface area contributed by atoms with Crippen LogP contribution in [0.1, 0.15) is 0 Å². The fourth-order valence-corrected chi connectivity index (χ4v) is 0.746. The van der Waals surface area contributed by atoms with E-state index in [4.69, 9.17) is 0 Å². The van der Waals surface area contributed by atoms with Crippen LogP contribution in [0.4, 0.5) is 5.69 Å². The molecule has 3 heteroatoms. The van der Waals surface area contributed by atoms with E-state index >= 15 is 0 Å². The minimum Gasteiger partial charge on any atom is -0.310 e. The third-order valence-corrected chi connectivity index (χ3v) is 1.41. The molecule has 0 amide bonds. The molecule has 0 unspecified atom stereocenters. The Morgan fingerprint density at radius 3 is 2.78 bits per heavy atom. The Bertz CT molecular complexity index is 174. The van der Waals surface area contributed by atoms with Crippen LogP contribution in [0.2, 0.25) is 0 Å². The minimum atomic E-state index is 1.05. The highest BCUT2D eigenvalue weighted by molar-refractivity contribution is 9.10. The lowest BCUT2D eigenvalue weighted by Crippen LogP contribution is -1.98. The second-order valence-electron chi connectivity index (χ2n) is 1.69. The summed E-state index contributed by atoms with van der Waals surface area (Å²) in [4.78, 5) is 3.93. The fraction of sp³-hybridized carbons (Fsp3) is 0.167. The first-order valence-corrected chi connectivity index (χ1v) is 3.31. The molecule has 0 spiro atoms. The predicted octanol–water partition coefficient (Wildman–Crippen LogP) is 1.83. The predicted molar refractivity (Wildman–Crippen MR) is 41.6 cm³/mol. The van der Waals surface area contributed by atoms with Gasteiger partial charge in [0, 0.05) is 29.4 Å². The van der Waals surface area contributed by atoms with E-state index in [0.29, 0.717) is 0 Å². The molecule has 0 radical (unpaired) electrons. The summed E-state index contributed by atoms with van der Waals surface area (Å²) in [7, 11) is 1.91. The van der Waals surface area contributed by atoms with Gasteiger partial charge in [-0.25, -0.2) is 0 Å². The zero-order valence-electron chi connectivity index (χ0n) is 5.08. The van der Waals surface area contributed by atoms with Crippen LogP contribution >= 0.6 is 16.1 Å². The molecular weight excluding hydrogens is 180 g/mol. The maximum atomic E-state index is 3.93. The summed E-state index contributed by atoms with van der Waals surface area (Å²) in [6, 6.07) is 3.87. The van der Waals surface area contributed by atoms with Gasteiger partial charge >= 0.3 is 0 Å². The first-order chi connectivity index (χ1) is 4.30. The molecule has 0 saturated heterocycles. The molecule has 1 aromatic rings. The standard InChI is InChI=1S/C6H7BrN2/c1-9(7)6-3-2-4-8-5-6/h2-5H,1H3. The van der Waals surface area contributed by atoms with E-state index in [1.807, 2.05) is 23.1 Å². The summed E-state index contributed by atoms with van der Waals surface area (Å²) in [6.07, 6.45) is 3.54. The summed E-state index contributed by atoms with van der Waals surface area (Å²) >= 11 is 3.28. The zero-order valence-corrected chi connectivity index (χ0v) is 6.67. The second kappa shape index (κ2) is 2.82. The first-order valence-electron chi connectivity index (χ1n) is 2.60. The number of aromatic nitrogens is 1. The lowest BCUT2D eigenvalue weighted by molar-refractivity contribution is 1.28. The van der Waals surface area contributed by atoms with Crippen molar-refractivity contribution in [3.8, 4) is 0 Å². The van der Waals surface area contributed by atoms with Crippen LogP contribution in [0.15, 0.2) is 24.5 Å². The number of pyridine rings is 1. The maximum absolute atomic E-state index is 3.93. The van der Waals surface area contributed by atoms with Crippen molar-refractivity contribution in [3.05, 3.63) is 24.5 Å². The SMILES string of the molecule is CN(Br)c1cccnc1. The monoisotopic (exact) mass is 186 g/mol. The zero-order chi connectivity index (χ0) is 6.69. The summed E-state index contributed by atoms with van der Waals surface area (Å²) in [5, 5.41) is 0. The molecular formula is C6H7BrN2. The van der Waals surface area contributed by atoms with Crippen molar-refractivity contribution in [1.82, 2.24) is 4.98 Å². The molecule has 0 aliphatic carbocycles. The Labute approximate surface area is 62.9 Å². The Hall–Kier alpha value is -0.570. The van der Waals surface area contributed by atoms with Crippen LogP contribution in [0.25, 0.3) is 0 Å². The number of anilines is 1. The number of hydrogen-bond acceptors (Lipinski definition) is 2. The van der Waals surface area contributed by atoms with Gasteiger partial charge in [0.05, 0.1) is 11.9 Å².